The SMILES string of the molecule is O=CCCCCCN1CCN(C(=O)OCc2ccc(OC(F)(F)F)cc2)CC1. The highest BCUT2D eigenvalue weighted by Crippen LogP contribution is 2.23. The van der Waals surface area contributed by atoms with Crippen LogP contribution < -0.4 is 4.74 Å². The van der Waals surface area contributed by atoms with Gasteiger partial charge in [-0.2, -0.15) is 0 Å². The number of unbranched alkanes of at least 4 members (excludes halogenated alkanes) is 3. The smallest absolute Gasteiger partial charge is 0.445 e. The molecule has 0 saturated carbocycles. The van der Waals surface area contributed by atoms with Crippen molar-refractivity contribution >= 4 is 12.4 Å². The first-order valence-corrected chi connectivity index (χ1v) is 9.30. The van der Waals surface area contributed by atoms with Gasteiger partial charge in [0, 0.05) is 32.6 Å². The minimum Gasteiger partial charge on any atom is -0.445 e. The van der Waals surface area contributed by atoms with Crippen molar-refractivity contribution in [3.8, 4) is 5.75 Å². The second-order valence-electron chi connectivity index (χ2n) is 6.59. The summed E-state index contributed by atoms with van der Waals surface area (Å²) in [5.41, 5.74) is 0.580. The molecule has 1 aromatic rings. The van der Waals surface area contributed by atoms with Gasteiger partial charge in [-0.05, 0) is 37.1 Å². The standard InChI is InChI=1S/C19H25F3N2O4/c20-19(21,22)28-17-7-5-16(6-8-17)15-27-18(26)24-12-10-23(11-13-24)9-3-1-2-4-14-25/h5-8,14H,1-4,9-13,15H2. The molecule has 156 valence electrons. The molecular weight excluding hydrogens is 377 g/mol. The molecule has 28 heavy (non-hydrogen) atoms. The lowest BCUT2D eigenvalue weighted by Crippen LogP contribution is -2.48. The first-order chi connectivity index (χ1) is 13.4. The van der Waals surface area contributed by atoms with E-state index in [9.17, 15) is 22.8 Å². The van der Waals surface area contributed by atoms with E-state index in [1.165, 1.54) is 24.3 Å². The van der Waals surface area contributed by atoms with E-state index in [0.29, 0.717) is 25.1 Å². The summed E-state index contributed by atoms with van der Waals surface area (Å²) in [6.07, 6.45) is -0.640. The molecule has 1 aromatic carbocycles. The van der Waals surface area contributed by atoms with Crippen LogP contribution in [0.2, 0.25) is 0 Å². The summed E-state index contributed by atoms with van der Waals surface area (Å²) in [4.78, 5) is 26.3. The molecule has 1 fully saturated rings. The average molecular weight is 402 g/mol. The van der Waals surface area contributed by atoms with Crippen molar-refractivity contribution in [2.24, 2.45) is 0 Å². The molecule has 0 bridgehead atoms. The zero-order valence-corrected chi connectivity index (χ0v) is 15.6. The number of carbonyl (C=O) groups is 2. The highest BCUT2D eigenvalue weighted by Gasteiger charge is 2.31. The molecule has 1 aliphatic rings. The van der Waals surface area contributed by atoms with Gasteiger partial charge in [0.05, 0.1) is 0 Å². The molecule has 0 radical (unpaired) electrons. The Bertz CT molecular complexity index is 615. The number of amides is 1. The molecule has 0 aliphatic carbocycles. The third-order valence-corrected chi connectivity index (χ3v) is 4.45. The molecule has 1 saturated heterocycles. The van der Waals surface area contributed by atoms with Crippen LogP contribution in [-0.2, 0) is 16.1 Å². The molecule has 1 heterocycles. The lowest BCUT2D eigenvalue weighted by atomic mass is 10.2. The van der Waals surface area contributed by atoms with Crippen molar-refractivity contribution < 1.29 is 32.2 Å². The summed E-state index contributed by atoms with van der Waals surface area (Å²) in [5, 5.41) is 0. The minimum absolute atomic E-state index is 0.0118. The largest absolute Gasteiger partial charge is 0.573 e. The fourth-order valence-corrected chi connectivity index (χ4v) is 2.92. The van der Waals surface area contributed by atoms with Gasteiger partial charge in [0.2, 0.25) is 0 Å². The van der Waals surface area contributed by atoms with Crippen LogP contribution in [0.5, 0.6) is 5.75 Å². The van der Waals surface area contributed by atoms with Crippen molar-refractivity contribution in [1.82, 2.24) is 9.80 Å². The van der Waals surface area contributed by atoms with Crippen LogP contribution in [0.3, 0.4) is 0 Å². The fourth-order valence-electron chi connectivity index (χ4n) is 2.92. The molecule has 1 aliphatic heterocycles. The van der Waals surface area contributed by atoms with E-state index in [1.807, 2.05) is 0 Å². The van der Waals surface area contributed by atoms with Gasteiger partial charge in [0.15, 0.2) is 0 Å². The molecule has 0 atom stereocenters. The Morgan fingerprint density at radius 3 is 2.32 bits per heavy atom. The van der Waals surface area contributed by atoms with Gasteiger partial charge in [-0.3, -0.25) is 4.90 Å². The molecule has 0 aromatic heterocycles. The Hall–Kier alpha value is -2.29. The number of benzene rings is 1. The Balaban J connectivity index is 1.65. The maximum Gasteiger partial charge on any atom is 0.573 e. The van der Waals surface area contributed by atoms with E-state index in [1.54, 1.807) is 4.90 Å². The van der Waals surface area contributed by atoms with Crippen molar-refractivity contribution in [2.45, 2.75) is 38.7 Å². The van der Waals surface area contributed by atoms with Crippen LogP contribution in [0.15, 0.2) is 24.3 Å². The number of halogens is 3. The second kappa shape index (κ2) is 10.9. The van der Waals surface area contributed by atoms with Gasteiger partial charge >= 0.3 is 12.5 Å². The van der Waals surface area contributed by atoms with E-state index in [4.69, 9.17) is 4.74 Å². The summed E-state index contributed by atoms with van der Waals surface area (Å²) in [7, 11) is 0. The number of ether oxygens (including phenoxy) is 2. The maximum atomic E-state index is 12.1. The predicted molar refractivity (Wildman–Crippen MR) is 95.9 cm³/mol. The Labute approximate surface area is 162 Å². The van der Waals surface area contributed by atoms with Gasteiger partial charge in [-0.1, -0.05) is 18.6 Å². The van der Waals surface area contributed by atoms with Crippen molar-refractivity contribution in [1.29, 1.82) is 0 Å². The molecule has 6 nitrogen and oxygen atoms in total. The monoisotopic (exact) mass is 402 g/mol. The molecular formula is C19H25F3N2O4. The number of aldehydes is 1. The molecule has 0 unspecified atom stereocenters. The van der Waals surface area contributed by atoms with Crippen LogP contribution in [0.4, 0.5) is 18.0 Å². The van der Waals surface area contributed by atoms with E-state index >= 15 is 0 Å². The quantitative estimate of drug-likeness (QED) is 0.467. The zero-order chi connectivity index (χ0) is 20.4. The fraction of sp³-hybridized carbons (Fsp3) is 0.579. The third kappa shape index (κ3) is 8.16. The number of hydrogen-bond donors (Lipinski definition) is 0. The van der Waals surface area contributed by atoms with Crippen LogP contribution in [0, 0.1) is 0 Å². The lowest BCUT2D eigenvalue weighted by Gasteiger charge is -2.34. The maximum absolute atomic E-state index is 12.1. The van der Waals surface area contributed by atoms with Crippen molar-refractivity contribution in [3.05, 3.63) is 29.8 Å². The highest BCUT2D eigenvalue weighted by molar-refractivity contribution is 5.67. The van der Waals surface area contributed by atoms with Crippen LogP contribution in [-0.4, -0.2) is 61.3 Å². The summed E-state index contributed by atoms with van der Waals surface area (Å²) in [6.45, 7) is 3.63. The number of nitrogens with zero attached hydrogens (tertiary/aromatic N) is 2. The van der Waals surface area contributed by atoms with Gasteiger partial charge in [0.1, 0.15) is 18.6 Å². The summed E-state index contributed by atoms with van der Waals surface area (Å²) < 4.78 is 45.4. The van der Waals surface area contributed by atoms with Gasteiger partial charge in [-0.15, -0.1) is 13.2 Å². The lowest BCUT2D eigenvalue weighted by molar-refractivity contribution is -0.274. The number of hydrogen-bond acceptors (Lipinski definition) is 5. The Kier molecular flexibility index (Phi) is 8.56. The van der Waals surface area contributed by atoms with Crippen molar-refractivity contribution in [2.75, 3.05) is 32.7 Å². The van der Waals surface area contributed by atoms with Gasteiger partial charge < -0.3 is 19.2 Å². The van der Waals surface area contributed by atoms with Gasteiger partial charge in [-0.25, -0.2) is 4.79 Å². The number of carbonyl (C=O) groups excluding carboxylic acids is 2. The topological polar surface area (TPSA) is 59.1 Å². The Morgan fingerprint density at radius 2 is 1.71 bits per heavy atom. The summed E-state index contributed by atoms with van der Waals surface area (Å²) in [5.74, 6) is -0.315. The number of piperazine rings is 1. The van der Waals surface area contributed by atoms with Crippen molar-refractivity contribution in [3.63, 3.8) is 0 Å². The van der Waals surface area contributed by atoms with Crippen LogP contribution >= 0.6 is 0 Å². The van der Waals surface area contributed by atoms with E-state index in [2.05, 4.69) is 9.64 Å². The molecule has 9 heteroatoms. The second-order valence-corrected chi connectivity index (χ2v) is 6.59. The van der Waals surface area contributed by atoms with E-state index < -0.39 is 12.5 Å². The predicted octanol–water partition coefficient (Wildman–Crippen LogP) is 3.60. The Morgan fingerprint density at radius 1 is 1.04 bits per heavy atom. The minimum atomic E-state index is -4.73. The molecule has 1 amide bonds. The number of rotatable bonds is 9. The van der Waals surface area contributed by atoms with Crippen LogP contribution in [0.25, 0.3) is 0 Å². The molecule has 0 spiro atoms. The number of alkyl halides is 3. The normalized spacial score (nSPS) is 15.3. The highest BCUT2D eigenvalue weighted by atomic mass is 19.4. The summed E-state index contributed by atoms with van der Waals surface area (Å²) in [6, 6.07) is 5.23. The zero-order valence-electron chi connectivity index (χ0n) is 15.6. The van der Waals surface area contributed by atoms with E-state index in [-0.39, 0.29) is 12.4 Å². The third-order valence-electron chi connectivity index (χ3n) is 4.45. The molecule has 0 N–H and O–H groups in total. The first kappa shape index (κ1) is 22.0. The molecule has 2 rings (SSSR count). The average Bonchev–Trinajstić information content (AvgIpc) is 2.66. The van der Waals surface area contributed by atoms with Gasteiger partial charge in [0.25, 0.3) is 0 Å². The summed E-state index contributed by atoms with van der Waals surface area (Å²) >= 11 is 0. The van der Waals surface area contributed by atoms with Crippen LogP contribution in [0.1, 0.15) is 31.2 Å². The van der Waals surface area contributed by atoms with E-state index in [0.717, 1.165) is 45.2 Å². The first-order valence-electron chi connectivity index (χ1n) is 9.30.